The Morgan fingerprint density at radius 2 is 1.59 bits per heavy atom. The molecule has 0 atom stereocenters. The number of nitrogens with one attached hydrogen (secondary N) is 2. The first kappa shape index (κ1) is 19.0. The Labute approximate surface area is 161 Å². The van der Waals surface area contributed by atoms with Gasteiger partial charge >= 0.3 is 6.03 Å². The zero-order valence-electron chi connectivity index (χ0n) is 14.9. The molecule has 1 aliphatic heterocycles. The van der Waals surface area contributed by atoms with Crippen molar-refractivity contribution in [3.8, 4) is 0 Å². The smallest absolute Gasteiger partial charge is 0.321 e. The molecule has 0 saturated carbocycles. The molecule has 1 heterocycles. The number of carbonyl (C=O) groups is 1. The number of rotatable bonds is 5. The van der Waals surface area contributed by atoms with Gasteiger partial charge in [0.1, 0.15) is 0 Å². The Morgan fingerprint density at radius 3 is 2.19 bits per heavy atom. The van der Waals surface area contributed by atoms with Gasteiger partial charge in [0.15, 0.2) is 0 Å². The van der Waals surface area contributed by atoms with E-state index in [1.807, 2.05) is 29.2 Å². The molecule has 2 amide bonds. The number of anilines is 2. The average Bonchev–Trinajstić information content (AvgIpc) is 2.68. The van der Waals surface area contributed by atoms with Gasteiger partial charge in [-0.15, -0.1) is 0 Å². The van der Waals surface area contributed by atoms with Gasteiger partial charge in [-0.2, -0.15) is 0 Å². The molecule has 3 rings (SSSR count). The number of urea groups is 1. The van der Waals surface area contributed by atoms with Gasteiger partial charge in [0.25, 0.3) is 5.69 Å². The lowest BCUT2D eigenvalue weighted by molar-refractivity contribution is -0.384. The number of hydrogen-bond donors (Lipinski definition) is 2. The second-order valence-corrected chi connectivity index (χ2v) is 7.13. The van der Waals surface area contributed by atoms with Gasteiger partial charge in [-0.25, -0.2) is 4.79 Å². The SMILES string of the molecule is CN1CCN(C(=O)Nc2ccc(SNc3ccc([N+](=O)[O-])cc3)cc2)CC1. The number of piperazine rings is 1. The number of amides is 2. The van der Waals surface area contributed by atoms with E-state index in [9.17, 15) is 14.9 Å². The molecule has 1 fully saturated rings. The summed E-state index contributed by atoms with van der Waals surface area (Å²) in [5, 5.41) is 13.6. The van der Waals surface area contributed by atoms with Crippen molar-refractivity contribution in [3.63, 3.8) is 0 Å². The molecule has 2 N–H and O–H groups in total. The third-order valence-electron chi connectivity index (χ3n) is 4.26. The van der Waals surface area contributed by atoms with Crippen LogP contribution in [0.1, 0.15) is 0 Å². The summed E-state index contributed by atoms with van der Waals surface area (Å²) in [4.78, 5) is 27.5. The minimum Gasteiger partial charge on any atom is -0.326 e. The first-order valence-corrected chi connectivity index (χ1v) is 9.35. The van der Waals surface area contributed by atoms with Crippen molar-refractivity contribution < 1.29 is 9.72 Å². The minimum absolute atomic E-state index is 0.0611. The fourth-order valence-electron chi connectivity index (χ4n) is 2.59. The summed E-state index contributed by atoms with van der Waals surface area (Å²) in [5.74, 6) is 0. The monoisotopic (exact) mass is 387 g/mol. The second kappa shape index (κ2) is 8.74. The highest BCUT2D eigenvalue weighted by Gasteiger charge is 2.18. The van der Waals surface area contributed by atoms with Crippen LogP contribution in [0.15, 0.2) is 53.4 Å². The fraction of sp³-hybridized carbons (Fsp3) is 0.278. The predicted molar refractivity (Wildman–Crippen MR) is 107 cm³/mol. The summed E-state index contributed by atoms with van der Waals surface area (Å²) < 4.78 is 3.14. The zero-order valence-corrected chi connectivity index (χ0v) is 15.7. The fourth-order valence-corrected chi connectivity index (χ4v) is 3.23. The molecule has 0 spiro atoms. The Kier molecular flexibility index (Phi) is 6.15. The van der Waals surface area contributed by atoms with E-state index in [-0.39, 0.29) is 11.7 Å². The normalized spacial score (nSPS) is 14.6. The highest BCUT2D eigenvalue weighted by atomic mass is 32.2. The van der Waals surface area contributed by atoms with E-state index in [1.54, 1.807) is 12.1 Å². The number of nitro groups is 1. The van der Waals surface area contributed by atoms with Gasteiger partial charge in [-0.05, 0) is 55.4 Å². The van der Waals surface area contributed by atoms with Gasteiger partial charge in [0, 0.05) is 54.6 Å². The molecule has 8 nitrogen and oxygen atoms in total. The lowest BCUT2D eigenvalue weighted by Gasteiger charge is -2.32. The van der Waals surface area contributed by atoms with Crippen molar-refractivity contribution in [1.82, 2.24) is 9.80 Å². The van der Waals surface area contributed by atoms with Crippen molar-refractivity contribution in [3.05, 3.63) is 58.6 Å². The van der Waals surface area contributed by atoms with Crippen LogP contribution in [-0.2, 0) is 0 Å². The molecule has 27 heavy (non-hydrogen) atoms. The molecule has 142 valence electrons. The lowest BCUT2D eigenvalue weighted by Crippen LogP contribution is -2.48. The van der Waals surface area contributed by atoms with E-state index in [0.29, 0.717) is 0 Å². The standard InChI is InChI=1S/C18H21N5O3S/c1-21-10-12-22(13-11-21)18(24)19-14-4-8-17(9-5-14)27-20-15-2-6-16(7-3-15)23(25)26/h2-9,20H,10-13H2,1H3,(H,19,24). The molecule has 2 aromatic rings. The predicted octanol–water partition coefficient (Wildman–Crippen LogP) is 3.49. The van der Waals surface area contributed by atoms with Crippen LogP contribution in [0.5, 0.6) is 0 Å². The largest absolute Gasteiger partial charge is 0.326 e. The highest BCUT2D eigenvalue weighted by Crippen LogP contribution is 2.24. The van der Waals surface area contributed by atoms with E-state index in [4.69, 9.17) is 0 Å². The highest BCUT2D eigenvalue weighted by molar-refractivity contribution is 8.00. The zero-order chi connectivity index (χ0) is 19.2. The van der Waals surface area contributed by atoms with Crippen molar-refractivity contribution in [1.29, 1.82) is 0 Å². The van der Waals surface area contributed by atoms with Crippen LogP contribution < -0.4 is 10.0 Å². The van der Waals surface area contributed by atoms with E-state index < -0.39 is 4.92 Å². The maximum absolute atomic E-state index is 12.3. The topological polar surface area (TPSA) is 90.8 Å². The van der Waals surface area contributed by atoms with Crippen LogP contribution in [-0.4, -0.2) is 54.0 Å². The Bertz CT molecular complexity index is 790. The van der Waals surface area contributed by atoms with Crippen LogP contribution in [0.2, 0.25) is 0 Å². The van der Waals surface area contributed by atoms with Crippen LogP contribution in [0.25, 0.3) is 0 Å². The minimum atomic E-state index is -0.425. The van der Waals surface area contributed by atoms with Crippen LogP contribution >= 0.6 is 11.9 Å². The molecule has 0 aromatic heterocycles. The summed E-state index contributed by atoms with van der Waals surface area (Å²) in [5.41, 5.74) is 1.59. The van der Waals surface area contributed by atoms with Crippen molar-refractivity contribution in [2.75, 3.05) is 43.3 Å². The van der Waals surface area contributed by atoms with E-state index in [2.05, 4.69) is 22.0 Å². The Morgan fingerprint density at radius 1 is 1.00 bits per heavy atom. The molecule has 2 aromatic carbocycles. The van der Waals surface area contributed by atoms with Gasteiger partial charge in [-0.1, -0.05) is 0 Å². The molecule has 9 heteroatoms. The van der Waals surface area contributed by atoms with E-state index >= 15 is 0 Å². The lowest BCUT2D eigenvalue weighted by atomic mass is 10.3. The summed E-state index contributed by atoms with van der Waals surface area (Å²) in [6, 6.07) is 13.7. The van der Waals surface area contributed by atoms with Crippen molar-refractivity contribution in [2.24, 2.45) is 0 Å². The average molecular weight is 387 g/mol. The van der Waals surface area contributed by atoms with E-state index in [1.165, 1.54) is 24.1 Å². The number of nitrogens with zero attached hydrogens (tertiary/aromatic N) is 3. The summed E-state index contributed by atoms with van der Waals surface area (Å²) >= 11 is 1.40. The van der Waals surface area contributed by atoms with Crippen LogP contribution in [0, 0.1) is 10.1 Å². The Hall–Kier alpha value is -2.78. The van der Waals surface area contributed by atoms with Crippen molar-refractivity contribution >= 4 is 35.0 Å². The molecule has 0 radical (unpaired) electrons. The van der Waals surface area contributed by atoms with Gasteiger partial charge < -0.3 is 19.8 Å². The van der Waals surface area contributed by atoms with E-state index in [0.717, 1.165) is 42.4 Å². The summed E-state index contributed by atoms with van der Waals surface area (Å²) in [6.07, 6.45) is 0. The third-order valence-corrected chi connectivity index (χ3v) is 5.11. The Balaban J connectivity index is 1.49. The van der Waals surface area contributed by atoms with Crippen molar-refractivity contribution in [2.45, 2.75) is 4.90 Å². The molecule has 1 saturated heterocycles. The summed E-state index contributed by atoms with van der Waals surface area (Å²) in [6.45, 7) is 3.24. The number of non-ortho nitro benzene ring substituents is 1. The number of likely N-dealkylation sites (N-methyl/N-ethyl adjacent to an activating group) is 1. The van der Waals surface area contributed by atoms with Crippen LogP contribution in [0.3, 0.4) is 0 Å². The van der Waals surface area contributed by atoms with Gasteiger partial charge in [0.2, 0.25) is 0 Å². The number of benzene rings is 2. The van der Waals surface area contributed by atoms with Crippen LogP contribution in [0.4, 0.5) is 21.9 Å². The maximum Gasteiger partial charge on any atom is 0.321 e. The molecular formula is C18H21N5O3S. The summed E-state index contributed by atoms with van der Waals surface area (Å²) in [7, 11) is 2.05. The molecule has 0 bridgehead atoms. The maximum atomic E-state index is 12.3. The van der Waals surface area contributed by atoms with Gasteiger partial charge in [0.05, 0.1) is 4.92 Å². The molecule has 0 aliphatic carbocycles. The second-order valence-electron chi connectivity index (χ2n) is 6.25. The number of hydrogen-bond acceptors (Lipinski definition) is 6. The number of carbonyl (C=O) groups excluding carboxylic acids is 1. The molecule has 0 unspecified atom stereocenters. The quantitative estimate of drug-likeness (QED) is 0.464. The number of nitro benzene ring substituents is 1. The molecular weight excluding hydrogens is 366 g/mol. The first-order chi connectivity index (χ1) is 13.0. The third kappa shape index (κ3) is 5.35. The van der Waals surface area contributed by atoms with Gasteiger partial charge in [-0.3, -0.25) is 10.1 Å². The molecule has 1 aliphatic rings. The first-order valence-electron chi connectivity index (χ1n) is 8.53.